The first-order chi connectivity index (χ1) is 13.4. The molecule has 0 fully saturated rings. The van der Waals surface area contributed by atoms with E-state index in [0.29, 0.717) is 25.9 Å². The Labute approximate surface area is 169 Å². The van der Waals surface area contributed by atoms with Crippen molar-refractivity contribution in [3.05, 3.63) is 65.2 Å². The number of carbonyl (C=O) groups excluding carboxylic acids is 2. The summed E-state index contributed by atoms with van der Waals surface area (Å²) in [6, 6.07) is 16.0. The summed E-state index contributed by atoms with van der Waals surface area (Å²) < 4.78 is 0. The number of nitrogens with zero attached hydrogens (tertiary/aromatic N) is 1. The predicted octanol–water partition coefficient (Wildman–Crippen LogP) is 4.64. The summed E-state index contributed by atoms with van der Waals surface area (Å²) in [5.74, 6) is 0.400. The predicted molar refractivity (Wildman–Crippen MR) is 115 cm³/mol. The van der Waals surface area contributed by atoms with Crippen LogP contribution in [0, 0.1) is 12.8 Å². The van der Waals surface area contributed by atoms with Crippen LogP contribution in [-0.2, 0) is 22.6 Å². The first-order valence-corrected chi connectivity index (χ1v) is 10.1. The lowest BCUT2D eigenvalue weighted by Crippen LogP contribution is -2.31. The zero-order valence-electron chi connectivity index (χ0n) is 17.5. The van der Waals surface area contributed by atoms with Gasteiger partial charge in [0.05, 0.1) is 13.0 Å². The first kappa shape index (κ1) is 21.7. The number of benzene rings is 2. The summed E-state index contributed by atoms with van der Waals surface area (Å²) in [6.45, 7) is 9.40. The molecule has 4 nitrogen and oxygen atoms in total. The van der Waals surface area contributed by atoms with E-state index in [9.17, 15) is 9.59 Å². The van der Waals surface area contributed by atoms with Crippen molar-refractivity contribution in [2.75, 3.05) is 11.4 Å². The summed E-state index contributed by atoms with van der Waals surface area (Å²) in [6.07, 6.45) is 1.73. The van der Waals surface area contributed by atoms with Gasteiger partial charge in [-0.25, -0.2) is 0 Å². The lowest BCUT2D eigenvalue weighted by Gasteiger charge is -2.24. The van der Waals surface area contributed by atoms with Gasteiger partial charge in [0.1, 0.15) is 0 Å². The number of hydrogen-bond acceptors (Lipinski definition) is 2. The Bertz CT molecular complexity index is 781. The van der Waals surface area contributed by atoms with Gasteiger partial charge in [-0.1, -0.05) is 62.7 Å². The molecule has 150 valence electrons. The smallest absolute Gasteiger partial charge is 0.227 e. The number of anilines is 1. The highest BCUT2D eigenvalue weighted by Gasteiger charge is 2.18. The van der Waals surface area contributed by atoms with Crippen molar-refractivity contribution in [1.29, 1.82) is 0 Å². The highest BCUT2D eigenvalue weighted by molar-refractivity contribution is 5.93. The third kappa shape index (κ3) is 6.84. The van der Waals surface area contributed by atoms with Crippen molar-refractivity contribution in [3.8, 4) is 0 Å². The molecular formula is C24H32N2O2. The summed E-state index contributed by atoms with van der Waals surface area (Å²) in [4.78, 5) is 26.8. The quantitative estimate of drug-likeness (QED) is 0.689. The molecule has 0 saturated heterocycles. The minimum absolute atomic E-state index is 0.0117. The molecule has 2 aromatic rings. The zero-order chi connectivity index (χ0) is 20.5. The fraction of sp³-hybridized carbons (Fsp3) is 0.417. The number of rotatable bonds is 9. The molecular weight excluding hydrogens is 348 g/mol. The second-order valence-corrected chi connectivity index (χ2v) is 7.76. The molecule has 0 unspecified atom stereocenters. The summed E-state index contributed by atoms with van der Waals surface area (Å²) >= 11 is 0. The Hall–Kier alpha value is -2.62. The van der Waals surface area contributed by atoms with E-state index in [2.05, 4.69) is 50.4 Å². The second-order valence-electron chi connectivity index (χ2n) is 7.76. The van der Waals surface area contributed by atoms with Gasteiger partial charge >= 0.3 is 0 Å². The largest absolute Gasteiger partial charge is 0.356 e. The lowest BCUT2D eigenvalue weighted by molar-refractivity contribution is -0.120. The molecule has 1 N–H and O–H groups in total. The molecule has 28 heavy (non-hydrogen) atoms. The van der Waals surface area contributed by atoms with Gasteiger partial charge in [0.15, 0.2) is 0 Å². The van der Waals surface area contributed by atoms with Gasteiger partial charge in [-0.2, -0.15) is 0 Å². The fourth-order valence-corrected chi connectivity index (χ4v) is 3.01. The van der Waals surface area contributed by atoms with Crippen LogP contribution in [0.25, 0.3) is 0 Å². The SMILES string of the molecule is CCCNC(=O)Cc1cccc(N(Cc2ccc(C)cc2)C(=O)CC(C)C)c1. The van der Waals surface area contributed by atoms with Gasteiger partial charge in [0.2, 0.25) is 11.8 Å². The Morgan fingerprint density at radius 1 is 1.04 bits per heavy atom. The van der Waals surface area contributed by atoms with E-state index >= 15 is 0 Å². The van der Waals surface area contributed by atoms with Crippen LogP contribution in [0.3, 0.4) is 0 Å². The molecule has 0 aliphatic rings. The van der Waals surface area contributed by atoms with Crippen molar-refractivity contribution in [2.24, 2.45) is 5.92 Å². The van der Waals surface area contributed by atoms with Crippen molar-refractivity contribution < 1.29 is 9.59 Å². The highest BCUT2D eigenvalue weighted by Crippen LogP contribution is 2.22. The number of hydrogen-bond donors (Lipinski definition) is 1. The molecule has 0 aromatic heterocycles. The molecule has 0 aliphatic carbocycles. The normalized spacial score (nSPS) is 10.8. The summed E-state index contributed by atoms with van der Waals surface area (Å²) in [5.41, 5.74) is 4.04. The van der Waals surface area contributed by atoms with E-state index in [1.807, 2.05) is 36.1 Å². The maximum atomic E-state index is 12.9. The van der Waals surface area contributed by atoms with Crippen molar-refractivity contribution in [3.63, 3.8) is 0 Å². The molecule has 0 aliphatic heterocycles. The van der Waals surface area contributed by atoms with Gasteiger partial charge in [0.25, 0.3) is 0 Å². The van der Waals surface area contributed by atoms with Gasteiger partial charge < -0.3 is 10.2 Å². The van der Waals surface area contributed by atoms with E-state index in [1.165, 1.54) is 5.56 Å². The summed E-state index contributed by atoms with van der Waals surface area (Å²) in [5, 5.41) is 2.90. The molecule has 0 radical (unpaired) electrons. The number of nitrogens with one attached hydrogen (secondary N) is 1. The van der Waals surface area contributed by atoms with Crippen LogP contribution >= 0.6 is 0 Å². The van der Waals surface area contributed by atoms with Crippen molar-refractivity contribution >= 4 is 17.5 Å². The van der Waals surface area contributed by atoms with Crippen LogP contribution in [0.4, 0.5) is 5.69 Å². The maximum Gasteiger partial charge on any atom is 0.227 e. The Morgan fingerprint density at radius 2 is 1.75 bits per heavy atom. The molecule has 2 aromatic carbocycles. The van der Waals surface area contributed by atoms with Crippen LogP contribution in [0.2, 0.25) is 0 Å². The Balaban J connectivity index is 2.24. The molecule has 2 amide bonds. The highest BCUT2D eigenvalue weighted by atomic mass is 16.2. The molecule has 0 bridgehead atoms. The topological polar surface area (TPSA) is 49.4 Å². The van der Waals surface area contributed by atoms with E-state index in [0.717, 1.165) is 23.2 Å². The molecule has 0 saturated carbocycles. The molecule has 0 atom stereocenters. The average molecular weight is 381 g/mol. The lowest BCUT2D eigenvalue weighted by atomic mass is 10.1. The van der Waals surface area contributed by atoms with E-state index in [-0.39, 0.29) is 17.7 Å². The standard InChI is InChI=1S/C24H32N2O2/c1-5-13-25-23(27)16-21-7-6-8-22(15-21)26(24(28)14-18(2)3)17-20-11-9-19(4)10-12-20/h6-12,15,18H,5,13-14,16-17H2,1-4H3,(H,25,27). The Kier molecular flexibility index (Phi) is 8.24. The number of amides is 2. The van der Waals surface area contributed by atoms with E-state index in [4.69, 9.17) is 0 Å². The third-order valence-corrected chi connectivity index (χ3v) is 4.50. The molecule has 0 heterocycles. The van der Waals surface area contributed by atoms with E-state index < -0.39 is 0 Å². The van der Waals surface area contributed by atoms with Crippen molar-refractivity contribution in [2.45, 2.75) is 53.5 Å². The third-order valence-electron chi connectivity index (χ3n) is 4.50. The molecule has 2 rings (SSSR count). The fourth-order valence-electron chi connectivity index (χ4n) is 3.01. The molecule has 0 spiro atoms. The van der Waals surface area contributed by atoms with Gasteiger partial charge in [0, 0.05) is 18.7 Å². The summed E-state index contributed by atoms with van der Waals surface area (Å²) in [7, 11) is 0. The van der Waals surface area contributed by atoms with Gasteiger partial charge in [-0.3, -0.25) is 9.59 Å². The van der Waals surface area contributed by atoms with Crippen LogP contribution in [-0.4, -0.2) is 18.4 Å². The number of carbonyl (C=O) groups is 2. The van der Waals surface area contributed by atoms with Gasteiger partial charge in [-0.15, -0.1) is 0 Å². The first-order valence-electron chi connectivity index (χ1n) is 10.1. The minimum Gasteiger partial charge on any atom is -0.356 e. The van der Waals surface area contributed by atoms with Crippen LogP contribution < -0.4 is 10.2 Å². The van der Waals surface area contributed by atoms with E-state index in [1.54, 1.807) is 0 Å². The van der Waals surface area contributed by atoms with Crippen LogP contribution in [0.15, 0.2) is 48.5 Å². The number of aryl methyl sites for hydroxylation is 1. The molecule has 4 heteroatoms. The van der Waals surface area contributed by atoms with Crippen LogP contribution in [0.1, 0.15) is 50.3 Å². The van der Waals surface area contributed by atoms with Crippen molar-refractivity contribution in [1.82, 2.24) is 5.32 Å². The minimum atomic E-state index is 0.0117. The second kappa shape index (κ2) is 10.6. The maximum absolute atomic E-state index is 12.9. The monoisotopic (exact) mass is 380 g/mol. The Morgan fingerprint density at radius 3 is 2.39 bits per heavy atom. The van der Waals surface area contributed by atoms with Gasteiger partial charge in [-0.05, 0) is 42.5 Å². The average Bonchev–Trinajstić information content (AvgIpc) is 2.65. The zero-order valence-corrected chi connectivity index (χ0v) is 17.5. The van der Waals surface area contributed by atoms with Crippen LogP contribution in [0.5, 0.6) is 0 Å².